The molecule has 0 radical (unpaired) electrons. The van der Waals surface area contributed by atoms with E-state index in [4.69, 9.17) is 47.4 Å². The van der Waals surface area contributed by atoms with Gasteiger partial charge in [-0.15, -0.1) is 0 Å². The van der Waals surface area contributed by atoms with Crippen molar-refractivity contribution in [1.29, 1.82) is 0 Å². The molecule has 0 aliphatic heterocycles. The molecular formula is C38H70O10. The first kappa shape index (κ1) is 44.7. The van der Waals surface area contributed by atoms with E-state index >= 15 is 0 Å². The summed E-state index contributed by atoms with van der Waals surface area (Å²) in [5, 5.41) is 0. The molecule has 0 atom stereocenters. The molecule has 10 nitrogen and oxygen atoms in total. The first-order chi connectivity index (χ1) is 23.9. The Hall–Kier alpha value is -1.34. The highest BCUT2D eigenvalue weighted by atomic mass is 16.6. The highest BCUT2D eigenvalue weighted by molar-refractivity contribution is 5.27. The second-order valence-corrected chi connectivity index (χ2v) is 11.6. The van der Waals surface area contributed by atoms with Crippen LogP contribution in [-0.4, -0.2) is 126 Å². The third-order valence-corrected chi connectivity index (χ3v) is 7.36. The van der Waals surface area contributed by atoms with E-state index in [2.05, 4.69) is 38.1 Å². The first-order valence-electron chi connectivity index (χ1n) is 18.8. The van der Waals surface area contributed by atoms with Crippen molar-refractivity contribution in [3.05, 3.63) is 29.8 Å². The molecule has 1 aromatic carbocycles. The molecule has 0 amide bonds. The van der Waals surface area contributed by atoms with Crippen molar-refractivity contribution in [3.63, 3.8) is 0 Å². The van der Waals surface area contributed by atoms with Gasteiger partial charge in [-0.1, -0.05) is 77.3 Å². The fourth-order valence-corrected chi connectivity index (χ4v) is 4.57. The minimum absolute atomic E-state index is 0.526. The highest BCUT2D eigenvalue weighted by Gasteiger charge is 1.99. The molecule has 0 spiro atoms. The Morgan fingerprint density at radius 3 is 1.02 bits per heavy atom. The van der Waals surface area contributed by atoms with Gasteiger partial charge in [-0.25, -0.2) is 0 Å². The fraction of sp³-hybridized carbons (Fsp3) is 0.842. The van der Waals surface area contributed by atoms with Crippen LogP contribution >= 0.6 is 0 Å². The second kappa shape index (κ2) is 38.5. The van der Waals surface area contributed by atoms with E-state index in [1.807, 2.05) is 0 Å². The van der Waals surface area contributed by atoms with Crippen molar-refractivity contribution in [2.75, 3.05) is 126 Å². The lowest BCUT2D eigenvalue weighted by molar-refractivity contribution is -0.0254. The van der Waals surface area contributed by atoms with Crippen molar-refractivity contribution < 1.29 is 47.4 Å². The molecule has 1 rings (SSSR count). The van der Waals surface area contributed by atoms with Crippen LogP contribution in [0.1, 0.15) is 83.6 Å². The van der Waals surface area contributed by atoms with Crippen molar-refractivity contribution in [2.45, 2.75) is 84.5 Å². The summed E-state index contributed by atoms with van der Waals surface area (Å²) in [5.74, 6) is 0.889. The van der Waals surface area contributed by atoms with Gasteiger partial charge in [-0.05, 0) is 37.0 Å². The van der Waals surface area contributed by atoms with Crippen molar-refractivity contribution in [3.8, 4) is 5.75 Å². The van der Waals surface area contributed by atoms with Gasteiger partial charge in [-0.3, -0.25) is 0 Å². The third-order valence-electron chi connectivity index (χ3n) is 7.36. The number of hydrogen-bond donors (Lipinski definition) is 0. The zero-order valence-electron chi connectivity index (χ0n) is 30.6. The number of ether oxygens (including phenoxy) is 10. The Balaban J connectivity index is 1.69. The molecule has 10 heteroatoms. The molecule has 282 valence electrons. The Morgan fingerprint density at radius 1 is 0.312 bits per heavy atom. The predicted octanol–water partition coefficient (Wildman–Crippen LogP) is 6.70. The molecule has 0 saturated heterocycles. The summed E-state index contributed by atoms with van der Waals surface area (Å²) in [5.41, 5.74) is 1.38. The molecule has 0 aromatic heterocycles. The number of benzene rings is 1. The predicted molar refractivity (Wildman–Crippen MR) is 191 cm³/mol. The van der Waals surface area contributed by atoms with Crippen LogP contribution in [0.5, 0.6) is 5.75 Å². The fourth-order valence-electron chi connectivity index (χ4n) is 4.57. The molecule has 0 heterocycles. The lowest BCUT2D eigenvalue weighted by Crippen LogP contribution is -2.15. The van der Waals surface area contributed by atoms with Crippen molar-refractivity contribution in [2.24, 2.45) is 0 Å². The van der Waals surface area contributed by atoms with E-state index in [-0.39, 0.29) is 0 Å². The minimum atomic E-state index is 0.526. The molecule has 48 heavy (non-hydrogen) atoms. The summed E-state index contributed by atoms with van der Waals surface area (Å²) in [4.78, 5) is 0. The van der Waals surface area contributed by atoms with Gasteiger partial charge in [0.1, 0.15) is 12.4 Å². The van der Waals surface area contributed by atoms with Crippen LogP contribution in [0.4, 0.5) is 0 Å². The maximum Gasteiger partial charge on any atom is 0.119 e. The molecule has 0 unspecified atom stereocenters. The maximum atomic E-state index is 5.77. The number of hydrogen-bond acceptors (Lipinski definition) is 10. The summed E-state index contributed by atoms with van der Waals surface area (Å²) in [6, 6.07) is 8.45. The van der Waals surface area contributed by atoms with Crippen LogP contribution in [-0.2, 0) is 49.1 Å². The van der Waals surface area contributed by atoms with E-state index in [0.717, 1.165) is 25.2 Å². The van der Waals surface area contributed by atoms with E-state index in [9.17, 15) is 0 Å². The zero-order chi connectivity index (χ0) is 34.3. The highest BCUT2D eigenvalue weighted by Crippen LogP contribution is 2.15. The van der Waals surface area contributed by atoms with E-state index in [1.54, 1.807) is 0 Å². The largest absolute Gasteiger partial charge is 0.491 e. The Labute approximate surface area is 292 Å². The molecule has 0 aliphatic rings. The van der Waals surface area contributed by atoms with Crippen molar-refractivity contribution >= 4 is 0 Å². The summed E-state index contributed by atoms with van der Waals surface area (Å²) < 4.78 is 55.5. The van der Waals surface area contributed by atoms with Crippen LogP contribution in [0.3, 0.4) is 0 Å². The first-order valence-corrected chi connectivity index (χ1v) is 18.8. The standard InChI is InChI=1S/C38H70O10/c1-3-5-7-9-10-11-13-37-14-16-38(17-15-37)48-36-35-47-34-33-46-32-31-45-30-29-44-28-27-43-26-25-42-24-23-41-22-21-40-20-19-39-18-12-8-6-4-2/h14-17H,3-13,18-36H2,1-2H3. The van der Waals surface area contributed by atoms with E-state index in [0.29, 0.717) is 119 Å². The van der Waals surface area contributed by atoms with Crippen LogP contribution in [0.2, 0.25) is 0 Å². The van der Waals surface area contributed by atoms with Gasteiger partial charge in [0.05, 0.1) is 112 Å². The molecule has 0 aliphatic carbocycles. The van der Waals surface area contributed by atoms with Gasteiger partial charge in [-0.2, -0.15) is 0 Å². The summed E-state index contributed by atoms with van der Waals surface area (Å²) in [6.07, 6.45) is 14.0. The Bertz CT molecular complexity index is 737. The lowest BCUT2D eigenvalue weighted by Gasteiger charge is -2.09. The van der Waals surface area contributed by atoms with Gasteiger partial charge in [0.15, 0.2) is 0 Å². The van der Waals surface area contributed by atoms with Crippen LogP contribution in [0.25, 0.3) is 0 Å². The second-order valence-electron chi connectivity index (χ2n) is 11.6. The van der Waals surface area contributed by atoms with Crippen LogP contribution in [0, 0.1) is 0 Å². The maximum absolute atomic E-state index is 5.77. The molecule has 0 bridgehead atoms. The van der Waals surface area contributed by atoms with Crippen LogP contribution in [0.15, 0.2) is 24.3 Å². The zero-order valence-corrected chi connectivity index (χ0v) is 30.6. The van der Waals surface area contributed by atoms with Gasteiger partial charge < -0.3 is 47.4 Å². The number of rotatable bonds is 40. The number of aryl methyl sites for hydroxylation is 1. The monoisotopic (exact) mass is 686 g/mol. The minimum Gasteiger partial charge on any atom is -0.491 e. The summed E-state index contributed by atoms with van der Waals surface area (Å²) in [6.45, 7) is 15.1. The smallest absolute Gasteiger partial charge is 0.119 e. The molecule has 0 N–H and O–H groups in total. The van der Waals surface area contributed by atoms with E-state index < -0.39 is 0 Å². The number of unbranched alkanes of at least 4 members (excludes halogenated alkanes) is 8. The Kier molecular flexibility index (Phi) is 35.8. The lowest BCUT2D eigenvalue weighted by atomic mass is 10.0. The summed E-state index contributed by atoms with van der Waals surface area (Å²) >= 11 is 0. The van der Waals surface area contributed by atoms with Gasteiger partial charge in [0.25, 0.3) is 0 Å². The van der Waals surface area contributed by atoms with Gasteiger partial charge >= 0.3 is 0 Å². The van der Waals surface area contributed by atoms with Gasteiger partial charge in [0.2, 0.25) is 0 Å². The average molecular weight is 687 g/mol. The molecule has 0 saturated carbocycles. The van der Waals surface area contributed by atoms with Crippen LogP contribution < -0.4 is 4.74 Å². The third kappa shape index (κ3) is 33.2. The van der Waals surface area contributed by atoms with Gasteiger partial charge in [0, 0.05) is 6.61 Å². The quantitative estimate of drug-likeness (QED) is 0.0695. The summed E-state index contributed by atoms with van der Waals surface area (Å²) in [7, 11) is 0. The average Bonchev–Trinajstić information content (AvgIpc) is 3.11. The van der Waals surface area contributed by atoms with E-state index in [1.165, 1.54) is 63.4 Å². The topological polar surface area (TPSA) is 92.3 Å². The normalized spacial score (nSPS) is 11.5. The molecular weight excluding hydrogens is 616 g/mol. The Morgan fingerprint density at radius 2 is 0.625 bits per heavy atom. The SMILES string of the molecule is CCCCCCCCc1ccc(OCCOCCOCCOCCOCCOCCOCCOCCOCCOCCCCCC)cc1. The molecule has 1 aromatic rings. The molecule has 0 fully saturated rings. The van der Waals surface area contributed by atoms with Crippen molar-refractivity contribution in [1.82, 2.24) is 0 Å².